The Morgan fingerprint density at radius 1 is 1.31 bits per heavy atom. The third kappa shape index (κ3) is 4.26. The van der Waals surface area contributed by atoms with Crippen LogP contribution in [-0.4, -0.2) is 22.6 Å². The highest BCUT2D eigenvalue weighted by Gasteiger charge is 2.36. The van der Waals surface area contributed by atoms with Crippen molar-refractivity contribution in [1.29, 1.82) is 0 Å². The molecule has 0 bridgehead atoms. The van der Waals surface area contributed by atoms with E-state index >= 15 is 0 Å². The number of imidazole rings is 1. The van der Waals surface area contributed by atoms with Gasteiger partial charge in [0.1, 0.15) is 29.1 Å². The van der Waals surface area contributed by atoms with E-state index in [1.54, 1.807) is 19.4 Å². The van der Waals surface area contributed by atoms with Crippen LogP contribution in [0.5, 0.6) is 5.75 Å². The van der Waals surface area contributed by atoms with E-state index in [-0.39, 0.29) is 11.9 Å². The lowest BCUT2D eigenvalue weighted by atomic mass is 10.1. The third-order valence-corrected chi connectivity index (χ3v) is 5.37. The minimum absolute atomic E-state index is 0.216. The molecular formula is C23H25N3O3. The van der Waals surface area contributed by atoms with E-state index in [9.17, 15) is 4.79 Å². The Labute approximate surface area is 170 Å². The van der Waals surface area contributed by atoms with Crippen LogP contribution < -0.4 is 10.1 Å². The molecule has 1 aromatic carbocycles. The first-order chi connectivity index (χ1) is 14.0. The van der Waals surface area contributed by atoms with Gasteiger partial charge in [-0.2, -0.15) is 0 Å². The number of amides is 1. The molecule has 1 amide bonds. The summed E-state index contributed by atoms with van der Waals surface area (Å²) < 4.78 is 13.0. The number of hydrogen-bond donors (Lipinski definition) is 1. The lowest BCUT2D eigenvalue weighted by Crippen LogP contribution is -2.29. The van der Waals surface area contributed by atoms with Gasteiger partial charge in [-0.25, -0.2) is 4.98 Å². The number of nitrogens with zero attached hydrogens (tertiary/aromatic N) is 2. The highest BCUT2D eigenvalue weighted by Crippen LogP contribution is 2.47. The number of rotatable bonds is 7. The quantitative estimate of drug-likeness (QED) is 0.617. The van der Waals surface area contributed by atoms with Crippen LogP contribution in [0.3, 0.4) is 0 Å². The Hall–Kier alpha value is -3.28. The number of aryl methyl sites for hydroxylation is 1. The summed E-state index contributed by atoms with van der Waals surface area (Å²) in [6.45, 7) is 2.22. The number of carbonyl (C=O) groups is 1. The van der Waals surface area contributed by atoms with Crippen LogP contribution in [0.4, 0.5) is 0 Å². The summed E-state index contributed by atoms with van der Waals surface area (Å²) in [5.74, 6) is 4.19. The molecule has 0 aliphatic heterocycles. The molecule has 1 saturated carbocycles. The van der Waals surface area contributed by atoms with Crippen molar-refractivity contribution in [3.8, 4) is 5.75 Å². The van der Waals surface area contributed by atoms with Crippen molar-refractivity contribution in [2.24, 2.45) is 13.0 Å². The van der Waals surface area contributed by atoms with E-state index < -0.39 is 0 Å². The average molecular weight is 391 g/mol. The molecule has 4 rings (SSSR count). The van der Waals surface area contributed by atoms with Crippen LogP contribution >= 0.6 is 0 Å². The molecule has 1 aliphatic rings. The zero-order chi connectivity index (χ0) is 20.4. The maximum Gasteiger partial charge on any atom is 0.244 e. The lowest BCUT2D eigenvalue weighted by Gasteiger charge is -2.18. The van der Waals surface area contributed by atoms with Gasteiger partial charge in [0.15, 0.2) is 0 Å². The minimum atomic E-state index is -0.377. The van der Waals surface area contributed by atoms with Gasteiger partial charge in [0, 0.05) is 31.4 Å². The summed E-state index contributed by atoms with van der Waals surface area (Å²) >= 11 is 0. The smallest absolute Gasteiger partial charge is 0.244 e. The highest BCUT2D eigenvalue weighted by molar-refractivity contribution is 5.91. The van der Waals surface area contributed by atoms with Gasteiger partial charge in [-0.15, -0.1) is 0 Å². The molecule has 2 heterocycles. The van der Waals surface area contributed by atoms with Crippen molar-refractivity contribution >= 4 is 12.0 Å². The molecule has 0 spiro atoms. The SMILES string of the molecule is COc1ccc(C(NC(=O)/C=C/c2ccc(C3CC3C)o2)c2nccn2C)cc1. The zero-order valence-electron chi connectivity index (χ0n) is 16.8. The van der Waals surface area contributed by atoms with Gasteiger partial charge < -0.3 is 19.0 Å². The van der Waals surface area contributed by atoms with Gasteiger partial charge in [0.25, 0.3) is 0 Å². The van der Waals surface area contributed by atoms with E-state index in [0.717, 1.165) is 22.9 Å². The summed E-state index contributed by atoms with van der Waals surface area (Å²) in [4.78, 5) is 17.1. The van der Waals surface area contributed by atoms with Gasteiger partial charge in [0.2, 0.25) is 5.91 Å². The Balaban J connectivity index is 1.50. The monoisotopic (exact) mass is 391 g/mol. The lowest BCUT2D eigenvalue weighted by molar-refractivity contribution is -0.117. The molecule has 2 aromatic heterocycles. The number of hydrogen-bond acceptors (Lipinski definition) is 4. The predicted molar refractivity (Wildman–Crippen MR) is 110 cm³/mol. The Kier molecular flexibility index (Phi) is 5.25. The number of methoxy groups -OCH3 is 1. The van der Waals surface area contributed by atoms with Crippen molar-refractivity contribution in [2.75, 3.05) is 7.11 Å². The van der Waals surface area contributed by atoms with Gasteiger partial charge in [-0.05, 0) is 48.2 Å². The first-order valence-corrected chi connectivity index (χ1v) is 9.74. The van der Waals surface area contributed by atoms with Gasteiger partial charge in [0.05, 0.1) is 7.11 Å². The first kappa shape index (κ1) is 19.1. The molecular weight excluding hydrogens is 366 g/mol. The average Bonchev–Trinajstić information content (AvgIpc) is 3.09. The zero-order valence-corrected chi connectivity index (χ0v) is 16.8. The van der Waals surface area contributed by atoms with Gasteiger partial charge in [-0.3, -0.25) is 4.79 Å². The van der Waals surface area contributed by atoms with Crippen molar-refractivity contribution < 1.29 is 13.9 Å². The van der Waals surface area contributed by atoms with E-state index in [1.807, 2.05) is 54.2 Å². The van der Waals surface area contributed by atoms with E-state index in [0.29, 0.717) is 17.6 Å². The van der Waals surface area contributed by atoms with Crippen LogP contribution in [-0.2, 0) is 11.8 Å². The Morgan fingerprint density at radius 2 is 2.07 bits per heavy atom. The number of nitrogens with one attached hydrogen (secondary N) is 1. The van der Waals surface area contributed by atoms with Crippen molar-refractivity contribution in [1.82, 2.24) is 14.9 Å². The number of furan rings is 1. The second-order valence-electron chi connectivity index (χ2n) is 7.50. The Bertz CT molecular complexity index is 1020. The fraction of sp³-hybridized carbons (Fsp3) is 0.304. The maximum atomic E-state index is 12.6. The largest absolute Gasteiger partial charge is 0.497 e. The first-order valence-electron chi connectivity index (χ1n) is 9.74. The number of benzene rings is 1. The van der Waals surface area contributed by atoms with E-state index in [1.165, 1.54) is 12.5 Å². The maximum absolute atomic E-state index is 12.6. The van der Waals surface area contributed by atoms with Crippen LogP contribution in [0.15, 0.2) is 59.3 Å². The minimum Gasteiger partial charge on any atom is -0.497 e. The molecule has 1 aliphatic carbocycles. The molecule has 150 valence electrons. The van der Waals surface area contributed by atoms with Crippen molar-refractivity contribution in [3.63, 3.8) is 0 Å². The summed E-state index contributed by atoms with van der Waals surface area (Å²) in [7, 11) is 3.53. The summed E-state index contributed by atoms with van der Waals surface area (Å²) in [6, 6.07) is 11.1. The molecule has 3 aromatic rings. The molecule has 3 unspecified atom stereocenters. The van der Waals surface area contributed by atoms with Gasteiger partial charge in [-0.1, -0.05) is 19.1 Å². The van der Waals surface area contributed by atoms with Gasteiger partial charge >= 0.3 is 0 Å². The van der Waals surface area contributed by atoms with Crippen molar-refractivity contribution in [2.45, 2.75) is 25.3 Å². The number of ether oxygens (including phenoxy) is 1. The predicted octanol–water partition coefficient (Wildman–Crippen LogP) is 4.06. The molecule has 6 heteroatoms. The summed E-state index contributed by atoms with van der Waals surface area (Å²) in [6.07, 6.45) is 7.95. The third-order valence-electron chi connectivity index (χ3n) is 5.37. The van der Waals surface area contributed by atoms with Crippen LogP contribution in [0.1, 0.15) is 48.2 Å². The Morgan fingerprint density at radius 3 is 2.69 bits per heavy atom. The fourth-order valence-corrected chi connectivity index (χ4v) is 3.47. The molecule has 6 nitrogen and oxygen atoms in total. The topological polar surface area (TPSA) is 69.3 Å². The second kappa shape index (κ2) is 7.99. The van der Waals surface area contributed by atoms with E-state index in [2.05, 4.69) is 17.2 Å². The molecule has 0 radical (unpaired) electrons. The molecule has 1 N–H and O–H groups in total. The van der Waals surface area contributed by atoms with E-state index in [4.69, 9.17) is 9.15 Å². The van der Waals surface area contributed by atoms with Crippen LogP contribution in [0.25, 0.3) is 6.08 Å². The standard InChI is InChI=1S/C23H25N3O3/c1-15-14-19(15)20-10-8-18(29-20)9-11-21(27)25-22(23-24-12-13-26(23)2)16-4-6-17(28-3)7-5-16/h4-13,15,19,22H,14H2,1-3H3,(H,25,27)/b11-9+. The molecule has 3 atom stereocenters. The fourth-order valence-electron chi connectivity index (χ4n) is 3.47. The van der Waals surface area contributed by atoms with Crippen molar-refractivity contribution in [3.05, 3.63) is 77.8 Å². The number of aromatic nitrogens is 2. The molecule has 0 saturated heterocycles. The number of carbonyl (C=O) groups excluding carboxylic acids is 1. The normalized spacial score (nSPS) is 19.3. The molecule has 1 fully saturated rings. The highest BCUT2D eigenvalue weighted by atomic mass is 16.5. The second-order valence-corrected chi connectivity index (χ2v) is 7.50. The summed E-state index contributed by atoms with van der Waals surface area (Å²) in [5, 5.41) is 3.04. The summed E-state index contributed by atoms with van der Waals surface area (Å²) in [5.41, 5.74) is 0.921. The molecule has 29 heavy (non-hydrogen) atoms. The van der Waals surface area contributed by atoms with Crippen LogP contribution in [0, 0.1) is 5.92 Å². The van der Waals surface area contributed by atoms with Crippen LogP contribution in [0.2, 0.25) is 0 Å².